The summed E-state index contributed by atoms with van der Waals surface area (Å²) in [6, 6.07) is 26.4. The van der Waals surface area contributed by atoms with Crippen LogP contribution in [0.2, 0.25) is 0 Å². The van der Waals surface area contributed by atoms with Crippen molar-refractivity contribution < 1.29 is 37.8 Å². The first-order valence-electron chi connectivity index (χ1n) is 29.2. The van der Waals surface area contributed by atoms with Gasteiger partial charge in [-0.15, -0.1) is 0 Å². The molecule has 6 amide bonds. The Balaban J connectivity index is 0.000000143. The van der Waals surface area contributed by atoms with E-state index < -0.39 is 17.9 Å². The summed E-state index contributed by atoms with van der Waals surface area (Å²) in [5.74, 6) is 0.807. The number of carbonyl (C=O) groups excluding carboxylic acids is 4. The van der Waals surface area contributed by atoms with Crippen LogP contribution in [-0.2, 0) is 11.8 Å². The molecule has 9 N–H and O–H groups in total. The Morgan fingerprint density at radius 1 is 0.624 bits per heavy atom. The molecule has 0 radical (unpaired) electrons. The zero-order chi connectivity index (χ0) is 65.1. The van der Waals surface area contributed by atoms with Crippen LogP contribution in [0.5, 0.6) is 11.8 Å². The van der Waals surface area contributed by atoms with Gasteiger partial charge in [0.05, 0.1) is 54.3 Å². The number of hydrogen-bond donors (Lipinski definition) is 9. The van der Waals surface area contributed by atoms with Crippen LogP contribution in [0.1, 0.15) is 44.1 Å². The van der Waals surface area contributed by atoms with E-state index in [0.29, 0.717) is 80.4 Å². The number of urea groups is 2. The lowest BCUT2D eigenvalue weighted by Gasteiger charge is -2.09. The highest BCUT2D eigenvalue weighted by Gasteiger charge is 2.26. The number of anilines is 3. The lowest BCUT2D eigenvalue weighted by Crippen LogP contribution is -2.28. The fourth-order valence-electron chi connectivity index (χ4n) is 9.62. The molecule has 0 unspecified atom stereocenters. The molecular weight excluding hydrogens is 1200 g/mol. The summed E-state index contributed by atoms with van der Waals surface area (Å²) in [6.07, 6.45) is 14.5. The van der Waals surface area contributed by atoms with Crippen LogP contribution in [0.15, 0.2) is 145 Å². The maximum Gasteiger partial charge on any atom is 0.413 e. The minimum Gasteiger partial charge on any atom is -0.497 e. The van der Waals surface area contributed by atoms with Crippen molar-refractivity contribution in [2.24, 2.45) is 7.05 Å². The first-order chi connectivity index (χ1) is 45.2. The number of rotatable bonds is 16. The van der Waals surface area contributed by atoms with Gasteiger partial charge in [-0.2, -0.15) is 0 Å². The molecule has 1 fully saturated rings. The molecule has 0 spiro atoms. The maximum atomic E-state index is 14.5. The molecule has 9 aromatic heterocycles. The Hall–Kier alpha value is -12.4. The monoisotopic (exact) mass is 1260 g/mol. The van der Waals surface area contributed by atoms with Gasteiger partial charge in [-0.25, -0.2) is 48.7 Å². The number of methoxy groups -OCH3 is 2. The highest BCUT2D eigenvalue weighted by Crippen LogP contribution is 2.37. The fraction of sp³-hybridized carbons (Fsp3) is 0.188. The van der Waals surface area contributed by atoms with E-state index in [1.165, 1.54) is 30.0 Å². The number of hydrogen-bond acceptors (Lipinski definition) is 17. The molecule has 1 saturated carbocycles. The summed E-state index contributed by atoms with van der Waals surface area (Å²) in [4.78, 5) is 109. The van der Waals surface area contributed by atoms with Gasteiger partial charge in [-0.05, 0) is 123 Å². The molecule has 1 aliphatic carbocycles. The van der Waals surface area contributed by atoms with Gasteiger partial charge in [0, 0.05) is 110 Å². The number of ether oxygens (including phenoxy) is 3. The second kappa shape index (κ2) is 27.9. The first-order valence-corrected chi connectivity index (χ1v) is 29.2. The minimum absolute atomic E-state index is 0.109. The van der Waals surface area contributed by atoms with E-state index in [0.717, 1.165) is 52.0 Å². The predicted octanol–water partition coefficient (Wildman–Crippen LogP) is 9.78. The predicted molar refractivity (Wildman–Crippen MR) is 346 cm³/mol. The standard InChI is InChI=1S/C22H21N7O3.C22H22N6O3.C20H18FN7O2/c1-2-32-22(31)28-21-26-17-10-14(9-15(19(17)27-21)16-5-3-4-8-23-16)29-11-18(24-12-29)20(30)25-13-6-7-13;1-4-23-22(30)27-21-25-18-10-14(13-6-8-28(2)19(29)11-13)9-16(20(18)26-21)17-12-15(31-3)5-7-24-17;1-3-22-19(29)28-18-26-15-8-11(12-9-24-20(30-2)25-10-12)7-13(17(15)27-18)16-14(21)5-4-6-23-16/h3-5,8-13H,2,6-7H2,1H3,(H,25,30)(H2,26,27,28,31);5-12H,4H2,1-3H3,(H3,23,25,26,27,30);4-10H,3H2,1-2H3,(H3,22,26,27,28,29). The van der Waals surface area contributed by atoms with Crippen molar-refractivity contribution in [2.45, 2.75) is 39.7 Å². The third-order valence-electron chi connectivity index (χ3n) is 14.2. The zero-order valence-corrected chi connectivity index (χ0v) is 51.0. The van der Waals surface area contributed by atoms with Gasteiger partial charge in [0.1, 0.15) is 40.3 Å². The number of halogens is 1. The number of fused-ring (bicyclic) bond motifs is 3. The summed E-state index contributed by atoms with van der Waals surface area (Å²) >= 11 is 0. The zero-order valence-electron chi connectivity index (χ0n) is 51.0. The second-order valence-electron chi connectivity index (χ2n) is 20.7. The van der Waals surface area contributed by atoms with E-state index in [1.807, 2.05) is 74.5 Å². The Kier molecular flexibility index (Phi) is 18.7. The van der Waals surface area contributed by atoms with Gasteiger partial charge in [-0.3, -0.25) is 40.5 Å². The van der Waals surface area contributed by atoms with Crippen molar-refractivity contribution in [3.63, 3.8) is 0 Å². The minimum atomic E-state index is -0.591. The van der Waals surface area contributed by atoms with E-state index in [2.05, 4.69) is 91.7 Å². The molecule has 13 rings (SSSR count). The van der Waals surface area contributed by atoms with Crippen LogP contribution in [0.3, 0.4) is 0 Å². The molecule has 0 saturated heterocycles. The van der Waals surface area contributed by atoms with Gasteiger partial charge in [0.25, 0.3) is 11.5 Å². The summed E-state index contributed by atoms with van der Waals surface area (Å²) in [6.45, 7) is 6.60. The number of carbonyl (C=O) groups is 4. The van der Waals surface area contributed by atoms with Crippen molar-refractivity contribution in [1.29, 1.82) is 0 Å². The third kappa shape index (κ3) is 14.7. The van der Waals surface area contributed by atoms with E-state index in [9.17, 15) is 28.4 Å². The number of aromatic nitrogens is 14. The van der Waals surface area contributed by atoms with Crippen molar-refractivity contribution in [1.82, 2.24) is 84.9 Å². The van der Waals surface area contributed by atoms with Gasteiger partial charge in [-0.1, -0.05) is 6.07 Å². The van der Waals surface area contributed by atoms with E-state index in [4.69, 9.17) is 14.2 Å². The van der Waals surface area contributed by atoms with Crippen molar-refractivity contribution >= 4 is 75.0 Å². The molecule has 29 heteroatoms. The number of pyridine rings is 4. The lowest BCUT2D eigenvalue weighted by atomic mass is 10.0. The van der Waals surface area contributed by atoms with Crippen LogP contribution in [0.25, 0.3) is 94.8 Å². The topological polar surface area (TPSA) is 358 Å². The molecular formula is C64H61FN20O8. The quantitative estimate of drug-likeness (QED) is 0.0434. The highest BCUT2D eigenvalue weighted by atomic mass is 19.1. The van der Waals surface area contributed by atoms with Crippen LogP contribution in [0, 0.1) is 5.82 Å². The van der Waals surface area contributed by atoms with Crippen LogP contribution in [-0.4, -0.2) is 133 Å². The van der Waals surface area contributed by atoms with Crippen molar-refractivity contribution in [3.05, 3.63) is 163 Å². The first kappa shape index (κ1) is 62.2. The van der Waals surface area contributed by atoms with Crippen molar-refractivity contribution in [3.8, 4) is 73.5 Å². The average Bonchev–Trinajstić information content (AvgIpc) is 1.71. The van der Waals surface area contributed by atoms with E-state index in [1.54, 1.807) is 87.4 Å². The summed E-state index contributed by atoms with van der Waals surface area (Å²) in [5.41, 5.74) is 11.3. The number of amides is 6. The number of benzene rings is 3. The number of aromatic amines is 3. The summed E-state index contributed by atoms with van der Waals surface area (Å²) in [7, 11) is 4.78. The van der Waals surface area contributed by atoms with Crippen LogP contribution < -0.4 is 46.9 Å². The second-order valence-corrected chi connectivity index (χ2v) is 20.7. The van der Waals surface area contributed by atoms with Gasteiger partial charge < -0.3 is 54.2 Å². The molecule has 28 nitrogen and oxygen atoms in total. The smallest absolute Gasteiger partial charge is 0.413 e. The Bertz CT molecular complexity index is 4770. The molecule has 93 heavy (non-hydrogen) atoms. The molecule has 0 atom stereocenters. The highest BCUT2D eigenvalue weighted by molar-refractivity contribution is 6.00. The molecule has 3 aromatic carbocycles. The van der Waals surface area contributed by atoms with Gasteiger partial charge in [0.15, 0.2) is 0 Å². The van der Waals surface area contributed by atoms with Crippen LogP contribution in [0.4, 0.5) is 36.6 Å². The van der Waals surface area contributed by atoms with Crippen molar-refractivity contribution in [2.75, 3.05) is 49.9 Å². The molecule has 0 aliphatic heterocycles. The lowest BCUT2D eigenvalue weighted by molar-refractivity contribution is 0.0946. The number of H-pyrrole nitrogens is 3. The number of nitrogens with zero attached hydrogens (tertiary/aromatic N) is 11. The van der Waals surface area contributed by atoms with Gasteiger partial charge in [0.2, 0.25) is 17.8 Å². The largest absolute Gasteiger partial charge is 0.497 e. The Morgan fingerprint density at radius 2 is 1.25 bits per heavy atom. The number of imidazole rings is 4. The van der Waals surface area contributed by atoms with E-state index in [-0.39, 0.29) is 53.7 Å². The SMILES string of the molecule is CCNC(=O)Nc1nc2c(-c3cc(OC)ccn3)cc(-c3ccn(C)c(=O)c3)cc2[nH]1.CCNC(=O)Nc1nc2c(-c3ncccc3F)cc(-c3cnc(OC)nc3)cc2[nH]1.CCOC(=O)Nc1nc2c(-c3ccccn3)cc(-n3cnc(C(=O)NC4CC4)c3)cc2[nH]1. The number of nitrogens with one attached hydrogen (secondary N) is 9. The fourth-order valence-corrected chi connectivity index (χ4v) is 9.62. The number of aryl methyl sites for hydroxylation is 1. The third-order valence-corrected chi connectivity index (χ3v) is 14.2. The average molecular weight is 1260 g/mol. The summed E-state index contributed by atoms with van der Waals surface area (Å²) < 4.78 is 33.1. The molecule has 9 heterocycles. The maximum absolute atomic E-state index is 14.5. The molecule has 472 valence electrons. The van der Waals surface area contributed by atoms with Crippen LogP contribution >= 0.6 is 0 Å². The molecule has 1 aliphatic rings. The molecule has 12 aromatic rings. The van der Waals surface area contributed by atoms with E-state index >= 15 is 0 Å². The molecule has 0 bridgehead atoms. The van der Waals surface area contributed by atoms with Gasteiger partial charge >= 0.3 is 24.2 Å². The normalized spacial score (nSPS) is 11.6. The Morgan fingerprint density at radius 3 is 1.86 bits per heavy atom. The summed E-state index contributed by atoms with van der Waals surface area (Å²) in [5, 5.41) is 16.2. The Labute approximate surface area is 528 Å².